The fourth-order valence-corrected chi connectivity index (χ4v) is 4.62. The summed E-state index contributed by atoms with van der Waals surface area (Å²) in [5, 5.41) is 7.26. The zero-order valence-corrected chi connectivity index (χ0v) is 19.7. The van der Waals surface area contributed by atoms with Crippen molar-refractivity contribution in [2.24, 2.45) is 5.92 Å². The van der Waals surface area contributed by atoms with Gasteiger partial charge in [0.2, 0.25) is 17.6 Å². The maximum atomic E-state index is 12.5. The van der Waals surface area contributed by atoms with E-state index in [2.05, 4.69) is 25.3 Å². The smallest absolute Gasteiger partial charge is 0.241 e. The Morgan fingerprint density at radius 1 is 1.09 bits per heavy atom. The lowest BCUT2D eigenvalue weighted by molar-refractivity contribution is -0.126. The molecule has 180 valence electrons. The second kappa shape index (κ2) is 11.5. The Morgan fingerprint density at radius 3 is 2.58 bits per heavy atom. The van der Waals surface area contributed by atoms with Crippen LogP contribution < -0.4 is 14.8 Å². The lowest BCUT2D eigenvalue weighted by atomic mass is 9.96. The van der Waals surface area contributed by atoms with Gasteiger partial charge in [-0.25, -0.2) is 0 Å². The standard InChI is InChI=1S/C24H35N5O4/c1-31-20-7-6-19(16-21(20)32-2)23-26-22(33-27-23)17-29-14-8-18(9-15-29)24(30)25-10-5-13-28-11-3-4-12-28/h6-7,16,18H,3-5,8-15,17H2,1-2H3,(H,25,30). The number of piperidine rings is 1. The van der Waals surface area contributed by atoms with Crippen LogP contribution in [0.3, 0.4) is 0 Å². The summed E-state index contributed by atoms with van der Waals surface area (Å²) >= 11 is 0. The molecule has 2 fully saturated rings. The molecule has 33 heavy (non-hydrogen) atoms. The zero-order valence-electron chi connectivity index (χ0n) is 19.7. The normalized spacial score (nSPS) is 17.9. The minimum atomic E-state index is 0.0954. The molecule has 0 unspecified atom stereocenters. The highest BCUT2D eigenvalue weighted by Crippen LogP contribution is 2.31. The van der Waals surface area contributed by atoms with E-state index in [1.165, 1.54) is 25.9 Å². The summed E-state index contributed by atoms with van der Waals surface area (Å²) in [4.78, 5) is 21.8. The summed E-state index contributed by atoms with van der Waals surface area (Å²) in [6.07, 6.45) is 5.37. The Hall–Kier alpha value is -2.65. The molecule has 0 saturated carbocycles. The van der Waals surface area contributed by atoms with Crippen LogP contribution in [0.2, 0.25) is 0 Å². The number of nitrogens with zero attached hydrogens (tertiary/aromatic N) is 4. The average Bonchev–Trinajstić information content (AvgIpc) is 3.54. The molecule has 2 saturated heterocycles. The van der Waals surface area contributed by atoms with Gasteiger partial charge >= 0.3 is 0 Å². The van der Waals surface area contributed by atoms with Crippen LogP contribution in [-0.4, -0.2) is 79.3 Å². The second-order valence-electron chi connectivity index (χ2n) is 8.83. The monoisotopic (exact) mass is 457 g/mol. The molecular weight excluding hydrogens is 422 g/mol. The Labute approximate surface area is 195 Å². The highest BCUT2D eigenvalue weighted by Gasteiger charge is 2.26. The molecule has 1 aromatic carbocycles. The molecule has 1 amide bonds. The van der Waals surface area contributed by atoms with E-state index in [9.17, 15) is 4.79 Å². The third kappa shape index (κ3) is 6.23. The van der Waals surface area contributed by atoms with Gasteiger partial charge < -0.3 is 24.2 Å². The van der Waals surface area contributed by atoms with Gasteiger partial charge in [0.15, 0.2) is 11.5 Å². The maximum Gasteiger partial charge on any atom is 0.241 e. The number of carbonyl (C=O) groups is 1. The summed E-state index contributed by atoms with van der Waals surface area (Å²) in [7, 11) is 3.20. The third-order valence-electron chi connectivity index (χ3n) is 6.58. The van der Waals surface area contributed by atoms with Crippen LogP contribution in [-0.2, 0) is 11.3 Å². The fourth-order valence-electron chi connectivity index (χ4n) is 4.62. The van der Waals surface area contributed by atoms with Gasteiger partial charge in [-0.1, -0.05) is 5.16 Å². The highest BCUT2D eigenvalue weighted by atomic mass is 16.5. The number of benzene rings is 1. The largest absolute Gasteiger partial charge is 0.493 e. The Morgan fingerprint density at radius 2 is 1.85 bits per heavy atom. The first-order valence-electron chi connectivity index (χ1n) is 11.9. The number of ether oxygens (including phenoxy) is 2. The van der Waals surface area contributed by atoms with Crippen molar-refractivity contribution in [3.8, 4) is 22.9 Å². The Balaban J connectivity index is 1.20. The van der Waals surface area contributed by atoms with Crippen molar-refractivity contribution in [2.45, 2.75) is 38.6 Å². The van der Waals surface area contributed by atoms with Gasteiger partial charge in [-0.05, 0) is 83.0 Å². The number of rotatable bonds is 10. The van der Waals surface area contributed by atoms with Crippen molar-refractivity contribution in [1.82, 2.24) is 25.3 Å². The molecule has 1 N–H and O–H groups in total. The minimum Gasteiger partial charge on any atom is -0.493 e. The molecule has 3 heterocycles. The molecule has 9 heteroatoms. The third-order valence-corrected chi connectivity index (χ3v) is 6.58. The van der Waals surface area contributed by atoms with E-state index < -0.39 is 0 Å². The molecule has 9 nitrogen and oxygen atoms in total. The number of amides is 1. The van der Waals surface area contributed by atoms with E-state index in [-0.39, 0.29) is 11.8 Å². The summed E-state index contributed by atoms with van der Waals surface area (Å²) in [5.74, 6) is 2.67. The number of hydrogen-bond acceptors (Lipinski definition) is 8. The zero-order chi connectivity index (χ0) is 23.0. The van der Waals surface area contributed by atoms with Gasteiger partial charge in [0.05, 0.1) is 20.8 Å². The van der Waals surface area contributed by atoms with Gasteiger partial charge in [0.1, 0.15) is 0 Å². The quantitative estimate of drug-likeness (QED) is 0.544. The molecule has 0 aliphatic carbocycles. The minimum absolute atomic E-state index is 0.0954. The van der Waals surface area contributed by atoms with Gasteiger partial charge in [0.25, 0.3) is 0 Å². The van der Waals surface area contributed by atoms with Crippen molar-refractivity contribution in [1.29, 1.82) is 0 Å². The average molecular weight is 458 g/mol. The van der Waals surface area contributed by atoms with Gasteiger partial charge in [-0.15, -0.1) is 0 Å². The second-order valence-corrected chi connectivity index (χ2v) is 8.83. The number of carbonyl (C=O) groups excluding carboxylic acids is 1. The van der Waals surface area contributed by atoms with Crippen LogP contribution in [0.5, 0.6) is 11.5 Å². The molecule has 0 atom stereocenters. The van der Waals surface area contributed by atoms with Crippen molar-refractivity contribution in [3.63, 3.8) is 0 Å². The summed E-state index contributed by atoms with van der Waals surface area (Å²) in [6, 6.07) is 5.54. The topological polar surface area (TPSA) is 93.0 Å². The summed E-state index contributed by atoms with van der Waals surface area (Å²) in [5.41, 5.74) is 0.808. The fraction of sp³-hybridized carbons (Fsp3) is 0.625. The van der Waals surface area contributed by atoms with E-state index in [0.717, 1.165) is 51.0 Å². The lowest BCUT2D eigenvalue weighted by Crippen LogP contribution is -2.40. The van der Waals surface area contributed by atoms with E-state index in [1.807, 2.05) is 18.2 Å². The van der Waals surface area contributed by atoms with Crippen molar-refractivity contribution < 1.29 is 18.8 Å². The number of hydrogen-bond donors (Lipinski definition) is 1. The van der Waals surface area contributed by atoms with Crippen LogP contribution in [0, 0.1) is 5.92 Å². The molecular formula is C24H35N5O4. The number of aromatic nitrogens is 2. The molecule has 2 aliphatic heterocycles. The maximum absolute atomic E-state index is 12.5. The molecule has 2 aliphatic rings. The molecule has 0 radical (unpaired) electrons. The van der Waals surface area contributed by atoms with E-state index in [0.29, 0.717) is 29.8 Å². The molecule has 4 rings (SSSR count). The summed E-state index contributed by atoms with van der Waals surface area (Å²) in [6.45, 7) is 6.57. The molecule has 0 bridgehead atoms. The van der Waals surface area contributed by atoms with Crippen LogP contribution in [0.15, 0.2) is 22.7 Å². The van der Waals surface area contributed by atoms with E-state index >= 15 is 0 Å². The van der Waals surface area contributed by atoms with E-state index in [4.69, 9.17) is 14.0 Å². The van der Waals surface area contributed by atoms with Crippen LogP contribution in [0.4, 0.5) is 0 Å². The van der Waals surface area contributed by atoms with Crippen LogP contribution in [0.25, 0.3) is 11.4 Å². The van der Waals surface area contributed by atoms with Gasteiger partial charge in [-0.3, -0.25) is 9.69 Å². The lowest BCUT2D eigenvalue weighted by Gasteiger charge is -2.30. The number of methoxy groups -OCH3 is 2. The van der Waals surface area contributed by atoms with Gasteiger partial charge in [-0.2, -0.15) is 4.98 Å². The Kier molecular flexibility index (Phi) is 8.17. The first kappa shape index (κ1) is 23.5. The number of likely N-dealkylation sites (tertiary alicyclic amines) is 2. The van der Waals surface area contributed by atoms with Gasteiger partial charge in [0, 0.05) is 18.0 Å². The molecule has 1 aromatic heterocycles. The predicted octanol–water partition coefficient (Wildman–Crippen LogP) is 2.57. The first-order chi connectivity index (χ1) is 16.2. The molecule has 0 spiro atoms. The highest BCUT2D eigenvalue weighted by molar-refractivity contribution is 5.78. The SMILES string of the molecule is COc1ccc(-c2noc(CN3CCC(C(=O)NCCCN4CCCC4)CC3)n2)cc1OC. The van der Waals surface area contributed by atoms with Crippen LogP contribution >= 0.6 is 0 Å². The summed E-state index contributed by atoms with van der Waals surface area (Å²) < 4.78 is 16.1. The number of nitrogens with one attached hydrogen (secondary N) is 1. The predicted molar refractivity (Wildman–Crippen MR) is 124 cm³/mol. The van der Waals surface area contributed by atoms with Crippen molar-refractivity contribution >= 4 is 5.91 Å². The van der Waals surface area contributed by atoms with Crippen molar-refractivity contribution in [2.75, 3.05) is 53.5 Å². The van der Waals surface area contributed by atoms with Crippen molar-refractivity contribution in [3.05, 3.63) is 24.1 Å². The van der Waals surface area contributed by atoms with Crippen LogP contribution in [0.1, 0.15) is 38.0 Å². The van der Waals surface area contributed by atoms with E-state index in [1.54, 1.807) is 14.2 Å². The molecule has 2 aromatic rings. The first-order valence-corrected chi connectivity index (χ1v) is 11.9. The Bertz CT molecular complexity index is 904.